The van der Waals surface area contributed by atoms with Crippen molar-refractivity contribution in [2.24, 2.45) is 0 Å². The minimum absolute atomic E-state index is 0.0735. The molecular weight excluding hydrogens is 504 g/mol. The number of thiophene rings is 1. The van der Waals surface area contributed by atoms with Crippen molar-refractivity contribution in [2.75, 3.05) is 31.5 Å². The normalized spacial score (nSPS) is 16.1. The van der Waals surface area contributed by atoms with E-state index in [-0.39, 0.29) is 11.8 Å². The van der Waals surface area contributed by atoms with Gasteiger partial charge >= 0.3 is 0 Å². The van der Waals surface area contributed by atoms with Gasteiger partial charge in [0.15, 0.2) is 0 Å². The molecule has 0 unspecified atom stereocenters. The van der Waals surface area contributed by atoms with E-state index in [1.54, 1.807) is 11.3 Å². The van der Waals surface area contributed by atoms with Crippen LogP contribution in [0.25, 0.3) is 32.5 Å². The number of aromatic amines is 1. The Balaban J connectivity index is 1.25. The van der Waals surface area contributed by atoms with Crippen molar-refractivity contribution < 1.29 is 9.59 Å². The van der Waals surface area contributed by atoms with Crippen LogP contribution in [0.3, 0.4) is 0 Å². The zero-order chi connectivity index (χ0) is 26.9. The lowest BCUT2D eigenvalue weighted by Gasteiger charge is -2.14. The van der Waals surface area contributed by atoms with E-state index in [9.17, 15) is 9.59 Å². The molecule has 4 heterocycles. The average molecular weight is 537 g/mol. The SMILES string of the molecule is Cc1[nH]c(C=C2C(=O)Nc3ccc(-c4ccc(-c5ccccc5)s4)cc32)c(C)c1C(=O)NCCN1CCCC1. The summed E-state index contributed by atoms with van der Waals surface area (Å²) in [7, 11) is 0. The number of amides is 2. The van der Waals surface area contributed by atoms with Crippen LogP contribution >= 0.6 is 11.3 Å². The molecule has 2 aliphatic heterocycles. The quantitative estimate of drug-likeness (QED) is 0.241. The molecule has 1 saturated heterocycles. The molecule has 39 heavy (non-hydrogen) atoms. The second kappa shape index (κ2) is 10.7. The van der Waals surface area contributed by atoms with E-state index in [0.29, 0.717) is 17.7 Å². The van der Waals surface area contributed by atoms with Gasteiger partial charge in [-0.2, -0.15) is 0 Å². The highest BCUT2D eigenvalue weighted by Crippen LogP contribution is 2.40. The summed E-state index contributed by atoms with van der Waals surface area (Å²) < 4.78 is 0. The predicted octanol–water partition coefficient (Wildman–Crippen LogP) is 6.35. The summed E-state index contributed by atoms with van der Waals surface area (Å²) in [5.74, 6) is -0.211. The van der Waals surface area contributed by atoms with Gasteiger partial charge in [0.2, 0.25) is 0 Å². The maximum Gasteiger partial charge on any atom is 0.256 e. The summed E-state index contributed by atoms with van der Waals surface area (Å²) in [5.41, 5.74) is 7.62. The lowest BCUT2D eigenvalue weighted by atomic mass is 10.0. The molecular formula is C32H32N4O2S. The maximum atomic E-state index is 13.0. The molecule has 0 aliphatic carbocycles. The summed E-state index contributed by atoms with van der Waals surface area (Å²) in [6.07, 6.45) is 4.35. The fourth-order valence-electron chi connectivity index (χ4n) is 5.56. The topological polar surface area (TPSA) is 77.2 Å². The fourth-order valence-corrected chi connectivity index (χ4v) is 6.57. The Kier molecular flexibility index (Phi) is 6.94. The molecule has 2 aromatic heterocycles. The molecule has 6 nitrogen and oxygen atoms in total. The van der Waals surface area contributed by atoms with E-state index in [2.05, 4.69) is 56.9 Å². The van der Waals surface area contributed by atoms with Gasteiger partial charge in [0.05, 0.1) is 11.1 Å². The van der Waals surface area contributed by atoms with E-state index in [4.69, 9.17) is 0 Å². The van der Waals surface area contributed by atoms with E-state index < -0.39 is 0 Å². The highest BCUT2D eigenvalue weighted by Gasteiger charge is 2.26. The van der Waals surface area contributed by atoms with Crippen molar-refractivity contribution in [1.29, 1.82) is 0 Å². The van der Waals surface area contributed by atoms with Crippen molar-refractivity contribution in [1.82, 2.24) is 15.2 Å². The number of carbonyl (C=O) groups excluding carboxylic acids is 2. The molecule has 0 radical (unpaired) electrons. The third-order valence-electron chi connectivity index (χ3n) is 7.66. The number of fused-ring (bicyclic) bond motifs is 1. The monoisotopic (exact) mass is 536 g/mol. The number of H-pyrrole nitrogens is 1. The smallest absolute Gasteiger partial charge is 0.256 e. The highest BCUT2D eigenvalue weighted by atomic mass is 32.1. The van der Waals surface area contributed by atoms with Gasteiger partial charge in [-0.05, 0) is 86.8 Å². The molecule has 1 fully saturated rings. The standard InChI is InChI=1S/C32H32N4O2S/c1-20-27(34-21(2)30(20)32(38)33-14-17-36-15-6-7-16-36)19-25-24-18-23(10-11-26(24)35-31(25)37)29-13-12-28(39-29)22-8-4-3-5-9-22/h3-5,8-13,18-19,34H,6-7,14-17H2,1-2H3,(H,33,38)(H,35,37). The van der Waals surface area contributed by atoms with E-state index in [1.807, 2.05) is 44.2 Å². The first-order valence-corrected chi connectivity index (χ1v) is 14.3. The van der Waals surface area contributed by atoms with Crippen molar-refractivity contribution >= 4 is 40.5 Å². The zero-order valence-corrected chi connectivity index (χ0v) is 23.1. The second-order valence-electron chi connectivity index (χ2n) is 10.3. The zero-order valence-electron chi connectivity index (χ0n) is 22.3. The molecule has 0 spiro atoms. The number of nitrogens with zero attached hydrogens (tertiary/aromatic N) is 1. The summed E-state index contributed by atoms with van der Waals surface area (Å²) in [6, 6.07) is 20.7. The van der Waals surface area contributed by atoms with E-state index >= 15 is 0 Å². The van der Waals surface area contributed by atoms with Gasteiger partial charge < -0.3 is 20.5 Å². The number of hydrogen-bond acceptors (Lipinski definition) is 4. The van der Waals surface area contributed by atoms with Gasteiger partial charge in [0, 0.05) is 45.5 Å². The first-order valence-electron chi connectivity index (χ1n) is 13.5. The lowest BCUT2D eigenvalue weighted by Crippen LogP contribution is -2.33. The molecule has 2 amide bonds. The van der Waals surface area contributed by atoms with Crippen LogP contribution in [0.5, 0.6) is 0 Å². The van der Waals surface area contributed by atoms with Crippen molar-refractivity contribution in [3.05, 3.63) is 88.7 Å². The molecule has 4 aromatic rings. The number of likely N-dealkylation sites (tertiary alicyclic amines) is 1. The summed E-state index contributed by atoms with van der Waals surface area (Å²) in [4.78, 5) is 34.1. The summed E-state index contributed by atoms with van der Waals surface area (Å²) in [5, 5.41) is 6.07. The van der Waals surface area contributed by atoms with Gasteiger partial charge in [-0.3, -0.25) is 9.59 Å². The molecule has 0 atom stereocenters. The molecule has 2 aliphatic rings. The second-order valence-corrected chi connectivity index (χ2v) is 11.4. The fraction of sp³-hybridized carbons (Fsp3) is 0.250. The number of rotatable bonds is 7. The van der Waals surface area contributed by atoms with Gasteiger partial charge in [-0.15, -0.1) is 11.3 Å². The number of anilines is 1. The molecule has 6 rings (SSSR count). The predicted molar refractivity (Wildman–Crippen MR) is 160 cm³/mol. The minimum atomic E-state index is -0.137. The van der Waals surface area contributed by atoms with Gasteiger partial charge in [-0.25, -0.2) is 0 Å². The average Bonchev–Trinajstić information content (AvgIpc) is 3.73. The number of hydrogen-bond donors (Lipinski definition) is 3. The van der Waals surface area contributed by atoms with Crippen LogP contribution in [0.1, 0.15) is 45.7 Å². The van der Waals surface area contributed by atoms with Gasteiger partial charge in [0.25, 0.3) is 11.8 Å². The number of nitrogens with one attached hydrogen (secondary N) is 3. The molecule has 198 valence electrons. The number of aryl methyl sites for hydroxylation is 1. The molecule has 7 heteroatoms. The van der Waals surface area contributed by atoms with Crippen LogP contribution in [0, 0.1) is 13.8 Å². The van der Waals surface area contributed by atoms with Crippen molar-refractivity contribution in [2.45, 2.75) is 26.7 Å². The highest BCUT2D eigenvalue weighted by molar-refractivity contribution is 7.18. The number of benzene rings is 2. The van der Waals surface area contributed by atoms with Crippen molar-refractivity contribution in [3.63, 3.8) is 0 Å². The summed E-state index contributed by atoms with van der Waals surface area (Å²) in [6.45, 7) is 7.58. The van der Waals surface area contributed by atoms with Crippen LogP contribution in [0.2, 0.25) is 0 Å². The van der Waals surface area contributed by atoms with E-state index in [1.165, 1.54) is 23.3 Å². The molecule has 3 N–H and O–H groups in total. The van der Waals surface area contributed by atoms with Crippen LogP contribution in [-0.2, 0) is 4.79 Å². The third kappa shape index (κ3) is 5.07. The first kappa shape index (κ1) is 25.3. The summed E-state index contributed by atoms with van der Waals surface area (Å²) >= 11 is 1.74. The lowest BCUT2D eigenvalue weighted by molar-refractivity contribution is -0.110. The Morgan fingerprint density at radius 3 is 2.51 bits per heavy atom. The Bertz CT molecular complexity index is 1570. The van der Waals surface area contributed by atoms with Crippen LogP contribution < -0.4 is 10.6 Å². The Labute approximate surface area is 232 Å². The van der Waals surface area contributed by atoms with Crippen LogP contribution in [0.15, 0.2) is 60.7 Å². The van der Waals surface area contributed by atoms with Crippen LogP contribution in [-0.4, -0.2) is 47.9 Å². The molecule has 0 bridgehead atoms. The van der Waals surface area contributed by atoms with E-state index in [0.717, 1.165) is 58.3 Å². The third-order valence-corrected chi connectivity index (χ3v) is 8.84. The number of aromatic nitrogens is 1. The Morgan fingerprint density at radius 2 is 1.74 bits per heavy atom. The molecule has 2 aromatic carbocycles. The molecule has 0 saturated carbocycles. The largest absolute Gasteiger partial charge is 0.358 e. The van der Waals surface area contributed by atoms with Crippen molar-refractivity contribution in [3.8, 4) is 20.9 Å². The van der Waals surface area contributed by atoms with Gasteiger partial charge in [-0.1, -0.05) is 36.4 Å². The van der Waals surface area contributed by atoms with Crippen LogP contribution in [0.4, 0.5) is 5.69 Å². The maximum absolute atomic E-state index is 13.0. The van der Waals surface area contributed by atoms with Gasteiger partial charge in [0.1, 0.15) is 0 Å². The number of carbonyl (C=O) groups is 2. The minimum Gasteiger partial charge on any atom is -0.358 e. The Morgan fingerprint density at radius 1 is 1.00 bits per heavy atom. The Hall–Kier alpha value is -3.94. The first-order chi connectivity index (χ1) is 19.0.